The van der Waals surface area contributed by atoms with Crippen molar-refractivity contribution < 1.29 is 23.8 Å². The SMILES string of the molecule is COc1ccc(CCNC(=O)COC(=O)c2c(C)cc(C)nc2Cl)cc1OC. The number of hydrogen-bond donors (Lipinski definition) is 1. The second-order valence-electron chi connectivity index (χ2n) is 6.11. The van der Waals surface area contributed by atoms with Crippen molar-refractivity contribution in [1.82, 2.24) is 10.3 Å². The Labute approximate surface area is 169 Å². The van der Waals surface area contributed by atoms with Crippen molar-refractivity contribution in [3.05, 3.63) is 51.8 Å². The molecule has 0 fully saturated rings. The number of esters is 1. The molecule has 0 aliphatic heterocycles. The molecule has 0 aliphatic carbocycles. The molecule has 7 nitrogen and oxygen atoms in total. The van der Waals surface area contributed by atoms with Gasteiger partial charge in [0.15, 0.2) is 18.1 Å². The maximum absolute atomic E-state index is 12.2. The number of rotatable bonds is 8. The quantitative estimate of drug-likeness (QED) is 0.535. The van der Waals surface area contributed by atoms with Crippen LogP contribution in [-0.4, -0.2) is 44.2 Å². The van der Waals surface area contributed by atoms with E-state index in [2.05, 4.69) is 10.3 Å². The molecular formula is C20H23ClN2O5. The van der Waals surface area contributed by atoms with E-state index in [1.165, 1.54) is 0 Å². The van der Waals surface area contributed by atoms with Gasteiger partial charge in [0.2, 0.25) is 0 Å². The third kappa shape index (κ3) is 5.60. The minimum atomic E-state index is -0.676. The predicted molar refractivity (Wildman–Crippen MR) is 105 cm³/mol. The normalized spacial score (nSPS) is 10.3. The molecule has 1 aromatic carbocycles. The summed E-state index contributed by atoms with van der Waals surface area (Å²) in [6.07, 6.45) is 0.590. The number of aromatic nitrogens is 1. The molecule has 1 N–H and O–H groups in total. The standard InChI is InChI=1S/C20H23ClN2O5/c1-12-9-13(2)23-19(21)18(12)20(25)28-11-17(24)22-8-7-14-5-6-15(26-3)16(10-14)27-4/h5-6,9-10H,7-8,11H2,1-4H3,(H,22,24). The van der Waals surface area contributed by atoms with Gasteiger partial charge in [-0.05, 0) is 49.6 Å². The molecule has 150 valence electrons. The molecule has 2 aromatic rings. The zero-order valence-corrected chi connectivity index (χ0v) is 17.1. The van der Waals surface area contributed by atoms with E-state index in [0.29, 0.717) is 35.7 Å². The second kappa shape index (κ2) is 9.94. The molecule has 8 heteroatoms. The van der Waals surface area contributed by atoms with Gasteiger partial charge in [-0.3, -0.25) is 4.79 Å². The van der Waals surface area contributed by atoms with E-state index in [4.69, 9.17) is 25.8 Å². The first kappa shape index (κ1) is 21.5. The molecule has 0 saturated carbocycles. The van der Waals surface area contributed by atoms with Crippen molar-refractivity contribution in [2.24, 2.45) is 0 Å². The van der Waals surface area contributed by atoms with Crippen LogP contribution >= 0.6 is 11.6 Å². The Balaban J connectivity index is 1.83. The van der Waals surface area contributed by atoms with Crippen LogP contribution in [-0.2, 0) is 16.0 Å². The van der Waals surface area contributed by atoms with Crippen LogP contribution in [0, 0.1) is 13.8 Å². The van der Waals surface area contributed by atoms with Crippen molar-refractivity contribution in [1.29, 1.82) is 0 Å². The minimum absolute atomic E-state index is 0.0661. The van der Waals surface area contributed by atoms with Gasteiger partial charge in [0, 0.05) is 12.2 Å². The van der Waals surface area contributed by atoms with Crippen LogP contribution in [0.1, 0.15) is 27.2 Å². The highest BCUT2D eigenvalue weighted by molar-refractivity contribution is 6.32. The van der Waals surface area contributed by atoms with E-state index in [-0.39, 0.29) is 10.7 Å². The smallest absolute Gasteiger partial charge is 0.342 e. The van der Waals surface area contributed by atoms with E-state index in [9.17, 15) is 9.59 Å². The molecule has 0 radical (unpaired) electrons. The van der Waals surface area contributed by atoms with Crippen molar-refractivity contribution in [3.63, 3.8) is 0 Å². The maximum Gasteiger partial charge on any atom is 0.342 e. The van der Waals surface area contributed by atoms with Crippen molar-refractivity contribution in [2.75, 3.05) is 27.4 Å². The number of hydrogen-bond acceptors (Lipinski definition) is 6. The van der Waals surface area contributed by atoms with E-state index in [1.54, 1.807) is 40.2 Å². The van der Waals surface area contributed by atoms with Gasteiger partial charge in [0.25, 0.3) is 5.91 Å². The number of carbonyl (C=O) groups excluding carboxylic acids is 2. The molecule has 0 atom stereocenters. The molecule has 1 aromatic heterocycles. The summed E-state index contributed by atoms with van der Waals surface area (Å²) in [4.78, 5) is 28.1. The number of methoxy groups -OCH3 is 2. The molecule has 0 bridgehead atoms. The predicted octanol–water partition coefficient (Wildman–Crippen LogP) is 2.88. The molecule has 0 spiro atoms. The lowest BCUT2D eigenvalue weighted by atomic mass is 10.1. The van der Waals surface area contributed by atoms with Gasteiger partial charge in [0.05, 0.1) is 19.8 Å². The van der Waals surface area contributed by atoms with Crippen LogP contribution in [0.15, 0.2) is 24.3 Å². The second-order valence-corrected chi connectivity index (χ2v) is 6.47. The number of amides is 1. The van der Waals surface area contributed by atoms with Gasteiger partial charge in [-0.25, -0.2) is 9.78 Å². The number of pyridine rings is 1. The Morgan fingerprint density at radius 3 is 2.46 bits per heavy atom. The monoisotopic (exact) mass is 406 g/mol. The summed E-state index contributed by atoms with van der Waals surface area (Å²) in [5, 5.41) is 2.77. The van der Waals surface area contributed by atoms with Crippen molar-refractivity contribution in [3.8, 4) is 11.5 Å². The Morgan fingerprint density at radius 1 is 1.11 bits per heavy atom. The number of ether oxygens (including phenoxy) is 3. The molecule has 1 heterocycles. The summed E-state index contributed by atoms with van der Waals surface area (Å²) in [6.45, 7) is 3.51. The lowest BCUT2D eigenvalue weighted by Crippen LogP contribution is -2.30. The molecule has 0 saturated heterocycles. The van der Waals surface area contributed by atoms with Crippen molar-refractivity contribution in [2.45, 2.75) is 20.3 Å². The summed E-state index contributed by atoms with van der Waals surface area (Å²) in [7, 11) is 3.13. The number of benzene rings is 1. The van der Waals surface area contributed by atoms with Gasteiger partial charge in [-0.15, -0.1) is 0 Å². The van der Waals surface area contributed by atoms with Crippen LogP contribution in [0.5, 0.6) is 11.5 Å². The lowest BCUT2D eigenvalue weighted by Gasteiger charge is -2.11. The van der Waals surface area contributed by atoms with Crippen LogP contribution in [0.25, 0.3) is 0 Å². The number of halogens is 1. The largest absolute Gasteiger partial charge is 0.493 e. The average molecular weight is 407 g/mol. The van der Waals surface area contributed by atoms with Crippen LogP contribution in [0.2, 0.25) is 5.15 Å². The first-order valence-electron chi connectivity index (χ1n) is 8.64. The molecule has 2 rings (SSSR count). The Morgan fingerprint density at radius 2 is 1.82 bits per heavy atom. The Kier molecular flexibility index (Phi) is 7.63. The molecule has 28 heavy (non-hydrogen) atoms. The maximum atomic E-state index is 12.2. The highest BCUT2D eigenvalue weighted by Crippen LogP contribution is 2.27. The van der Waals surface area contributed by atoms with Crippen LogP contribution in [0.3, 0.4) is 0 Å². The molecule has 0 aliphatic rings. The van der Waals surface area contributed by atoms with Gasteiger partial charge in [-0.1, -0.05) is 17.7 Å². The Bertz CT molecular complexity index is 847. The third-order valence-electron chi connectivity index (χ3n) is 4.02. The van der Waals surface area contributed by atoms with Gasteiger partial charge in [0.1, 0.15) is 5.15 Å². The van der Waals surface area contributed by atoms with Gasteiger partial charge < -0.3 is 19.5 Å². The minimum Gasteiger partial charge on any atom is -0.493 e. The summed E-state index contributed by atoms with van der Waals surface area (Å²) in [6, 6.07) is 7.27. The zero-order chi connectivity index (χ0) is 20.7. The third-order valence-corrected chi connectivity index (χ3v) is 4.30. The fourth-order valence-corrected chi connectivity index (χ4v) is 3.03. The number of aryl methyl sites for hydroxylation is 2. The van der Waals surface area contributed by atoms with Crippen LogP contribution in [0.4, 0.5) is 0 Å². The zero-order valence-electron chi connectivity index (χ0n) is 16.3. The fraction of sp³-hybridized carbons (Fsp3) is 0.350. The summed E-state index contributed by atoms with van der Waals surface area (Å²) in [5.41, 5.74) is 2.50. The first-order valence-corrected chi connectivity index (χ1v) is 9.02. The highest BCUT2D eigenvalue weighted by Gasteiger charge is 2.18. The van der Waals surface area contributed by atoms with E-state index >= 15 is 0 Å². The Hall–Kier alpha value is -2.80. The topological polar surface area (TPSA) is 86.8 Å². The van der Waals surface area contributed by atoms with Crippen molar-refractivity contribution >= 4 is 23.5 Å². The molecule has 1 amide bonds. The highest BCUT2D eigenvalue weighted by atomic mass is 35.5. The summed E-state index contributed by atoms with van der Waals surface area (Å²) < 4.78 is 15.5. The fourth-order valence-electron chi connectivity index (χ4n) is 2.67. The van der Waals surface area contributed by atoms with E-state index < -0.39 is 18.5 Å². The van der Waals surface area contributed by atoms with E-state index in [1.807, 2.05) is 12.1 Å². The van der Waals surface area contributed by atoms with E-state index in [0.717, 1.165) is 5.56 Å². The number of nitrogens with one attached hydrogen (secondary N) is 1. The summed E-state index contributed by atoms with van der Waals surface area (Å²) >= 11 is 6.01. The summed E-state index contributed by atoms with van der Waals surface area (Å²) in [5.74, 6) is 0.189. The number of carbonyl (C=O) groups is 2. The van der Waals surface area contributed by atoms with Gasteiger partial charge >= 0.3 is 5.97 Å². The van der Waals surface area contributed by atoms with Gasteiger partial charge in [-0.2, -0.15) is 0 Å². The molecule has 0 unspecified atom stereocenters. The molecular weight excluding hydrogens is 384 g/mol. The lowest BCUT2D eigenvalue weighted by molar-refractivity contribution is -0.124. The first-order chi connectivity index (χ1) is 13.3. The van der Waals surface area contributed by atoms with Crippen LogP contribution < -0.4 is 14.8 Å². The average Bonchev–Trinajstić information content (AvgIpc) is 2.65. The number of nitrogens with zero attached hydrogens (tertiary/aromatic N) is 1.